The van der Waals surface area contributed by atoms with Gasteiger partial charge in [0.25, 0.3) is 11.5 Å². The van der Waals surface area contributed by atoms with Gasteiger partial charge in [-0.3, -0.25) is 14.2 Å². The number of halogens is 1. The molecule has 2 aliphatic heterocycles. The zero-order valence-electron chi connectivity index (χ0n) is 24.8. The first-order chi connectivity index (χ1) is 21.0. The van der Waals surface area contributed by atoms with E-state index in [9.17, 15) is 9.59 Å². The molecular formula is C34H38ClN5O2S. The van der Waals surface area contributed by atoms with E-state index in [2.05, 4.69) is 42.7 Å². The number of nitrogens with one attached hydrogen (secondary N) is 2. The number of rotatable bonds is 7. The van der Waals surface area contributed by atoms with Crippen molar-refractivity contribution in [3.05, 3.63) is 91.7 Å². The monoisotopic (exact) mass is 615 g/mol. The summed E-state index contributed by atoms with van der Waals surface area (Å²) in [7, 11) is 0. The van der Waals surface area contributed by atoms with Crippen LogP contribution in [0.1, 0.15) is 59.8 Å². The molecule has 0 unspecified atom stereocenters. The van der Waals surface area contributed by atoms with Gasteiger partial charge < -0.3 is 15.5 Å². The lowest BCUT2D eigenvalue weighted by atomic mass is 9.88. The van der Waals surface area contributed by atoms with Crippen molar-refractivity contribution in [2.24, 2.45) is 0 Å². The summed E-state index contributed by atoms with van der Waals surface area (Å²) in [4.78, 5) is 36.2. The van der Waals surface area contributed by atoms with Crippen LogP contribution in [0.25, 0.3) is 27.5 Å². The van der Waals surface area contributed by atoms with Gasteiger partial charge in [0.15, 0.2) is 0 Å². The number of amides is 1. The lowest BCUT2D eigenvalue weighted by Crippen LogP contribution is -2.47. The second-order valence-corrected chi connectivity index (χ2v) is 12.5. The second-order valence-electron chi connectivity index (χ2n) is 11.2. The van der Waals surface area contributed by atoms with Crippen molar-refractivity contribution >= 4 is 28.8 Å². The molecule has 2 aromatic carbocycles. The quantitative estimate of drug-likeness (QED) is 0.270. The molecule has 4 aromatic rings. The summed E-state index contributed by atoms with van der Waals surface area (Å²) in [6, 6.07) is 15.7. The van der Waals surface area contributed by atoms with E-state index in [0.717, 1.165) is 85.6 Å². The number of aryl methyl sites for hydroxylation is 2. The molecule has 0 aliphatic carbocycles. The Kier molecular flexibility index (Phi) is 9.09. The van der Waals surface area contributed by atoms with Crippen molar-refractivity contribution in [2.75, 3.05) is 39.3 Å². The molecule has 2 fully saturated rings. The van der Waals surface area contributed by atoms with E-state index in [4.69, 9.17) is 16.6 Å². The first kappa shape index (κ1) is 29.8. The van der Waals surface area contributed by atoms with E-state index >= 15 is 0 Å². The van der Waals surface area contributed by atoms with Gasteiger partial charge in [-0.1, -0.05) is 55.8 Å². The number of nitrogens with zero attached hydrogens (tertiary/aromatic N) is 3. The predicted molar refractivity (Wildman–Crippen MR) is 176 cm³/mol. The number of aromatic nitrogens is 2. The zero-order valence-corrected chi connectivity index (χ0v) is 26.4. The van der Waals surface area contributed by atoms with Crippen LogP contribution in [0.5, 0.6) is 0 Å². The van der Waals surface area contributed by atoms with Crippen LogP contribution in [0, 0.1) is 0 Å². The largest absolute Gasteiger partial charge is 0.336 e. The van der Waals surface area contributed by atoms with Gasteiger partial charge in [0.1, 0.15) is 5.01 Å². The van der Waals surface area contributed by atoms with Crippen molar-refractivity contribution in [1.29, 1.82) is 0 Å². The molecule has 0 bridgehead atoms. The Bertz CT molecular complexity index is 1650. The number of benzene rings is 2. The molecular weight excluding hydrogens is 578 g/mol. The summed E-state index contributed by atoms with van der Waals surface area (Å²) in [5.74, 6) is 0.0759. The van der Waals surface area contributed by atoms with Crippen molar-refractivity contribution in [1.82, 2.24) is 25.1 Å². The van der Waals surface area contributed by atoms with Crippen LogP contribution in [0.3, 0.4) is 0 Å². The van der Waals surface area contributed by atoms with E-state index in [1.54, 1.807) is 0 Å². The van der Waals surface area contributed by atoms with Gasteiger partial charge in [-0.2, -0.15) is 0 Å². The Hall–Kier alpha value is -3.30. The van der Waals surface area contributed by atoms with Crippen LogP contribution < -0.4 is 16.2 Å². The number of carbonyl (C=O) groups is 1. The molecule has 4 heterocycles. The molecule has 9 heteroatoms. The molecule has 2 aliphatic rings. The van der Waals surface area contributed by atoms with Crippen LogP contribution in [-0.2, 0) is 12.8 Å². The van der Waals surface area contributed by atoms with E-state index in [0.29, 0.717) is 34.2 Å². The van der Waals surface area contributed by atoms with Gasteiger partial charge in [0.2, 0.25) is 0 Å². The third-order valence-corrected chi connectivity index (χ3v) is 9.79. The van der Waals surface area contributed by atoms with Crippen molar-refractivity contribution in [2.45, 2.75) is 45.4 Å². The van der Waals surface area contributed by atoms with Crippen molar-refractivity contribution in [3.63, 3.8) is 0 Å². The molecule has 2 N–H and O–H groups in total. The predicted octanol–water partition coefficient (Wildman–Crippen LogP) is 5.92. The fraction of sp³-hybridized carbons (Fsp3) is 0.382. The Morgan fingerprint density at radius 1 is 0.977 bits per heavy atom. The summed E-state index contributed by atoms with van der Waals surface area (Å²) >= 11 is 7.57. The maximum atomic E-state index is 14.9. The van der Waals surface area contributed by atoms with Crippen molar-refractivity contribution < 1.29 is 4.79 Å². The second kappa shape index (κ2) is 13.1. The number of pyridine rings is 1. The van der Waals surface area contributed by atoms with Gasteiger partial charge in [-0.15, -0.1) is 11.3 Å². The molecule has 0 radical (unpaired) electrons. The molecule has 2 saturated heterocycles. The summed E-state index contributed by atoms with van der Waals surface area (Å²) in [5.41, 5.74) is 6.68. The van der Waals surface area contributed by atoms with Crippen LogP contribution in [0.15, 0.2) is 58.7 Å². The highest BCUT2D eigenvalue weighted by Gasteiger charge is 2.32. The topological polar surface area (TPSA) is 79.3 Å². The van der Waals surface area contributed by atoms with Crippen LogP contribution in [0.2, 0.25) is 5.02 Å². The number of thiazole rings is 1. The van der Waals surface area contributed by atoms with Crippen molar-refractivity contribution in [3.8, 4) is 27.5 Å². The Balaban J connectivity index is 1.63. The Labute approximate surface area is 261 Å². The highest BCUT2D eigenvalue weighted by atomic mass is 35.5. The molecule has 7 nitrogen and oxygen atoms in total. The Morgan fingerprint density at radius 3 is 2.28 bits per heavy atom. The third kappa shape index (κ3) is 5.94. The minimum atomic E-state index is -0.113. The van der Waals surface area contributed by atoms with Gasteiger partial charge >= 0.3 is 0 Å². The van der Waals surface area contributed by atoms with Gasteiger partial charge in [-0.05, 0) is 68.1 Å². The zero-order chi connectivity index (χ0) is 29.9. The van der Waals surface area contributed by atoms with Crippen LogP contribution in [0.4, 0.5) is 0 Å². The molecule has 1 amide bonds. The number of piperidine rings is 1. The molecule has 0 saturated carbocycles. The number of hydrogen-bond acceptors (Lipinski definition) is 6. The normalized spacial score (nSPS) is 16.0. The summed E-state index contributed by atoms with van der Waals surface area (Å²) in [6.45, 7) is 8.77. The number of para-hydroxylation sites is 1. The first-order valence-corrected chi connectivity index (χ1v) is 16.6. The molecule has 0 spiro atoms. The Morgan fingerprint density at radius 2 is 1.63 bits per heavy atom. The standard InChI is InChI=1S/C34H38ClN5O2S/c1-3-22-6-5-7-23(4-2)30(22)40-31(25-12-14-36-15-13-25)27(33(41)39-18-16-37-17-19-39)20-28(34(40)42)32-38-29(21-43-32)24-8-10-26(35)11-9-24/h5-11,20-21,25,36-37H,3-4,12-19H2,1-2H3. The average molecular weight is 616 g/mol. The molecule has 43 heavy (non-hydrogen) atoms. The van der Waals surface area contributed by atoms with E-state index in [-0.39, 0.29) is 17.4 Å². The van der Waals surface area contributed by atoms with Gasteiger partial charge in [-0.25, -0.2) is 4.98 Å². The van der Waals surface area contributed by atoms with E-state index in [1.807, 2.05) is 45.2 Å². The molecule has 2 aromatic heterocycles. The summed E-state index contributed by atoms with van der Waals surface area (Å²) < 4.78 is 1.92. The molecule has 6 rings (SSSR count). The van der Waals surface area contributed by atoms with Crippen LogP contribution in [-0.4, -0.2) is 59.6 Å². The number of piperazine rings is 1. The van der Waals surface area contributed by atoms with E-state index < -0.39 is 0 Å². The minimum Gasteiger partial charge on any atom is -0.336 e. The lowest BCUT2D eigenvalue weighted by Gasteiger charge is -2.33. The SMILES string of the molecule is CCc1cccc(CC)c1-n1c(C2CCNCC2)c(C(=O)N2CCNCC2)cc(-c2nc(-c3ccc(Cl)cc3)cs2)c1=O. The summed E-state index contributed by atoms with van der Waals surface area (Å²) in [6.07, 6.45) is 3.30. The molecule has 224 valence electrons. The maximum Gasteiger partial charge on any atom is 0.265 e. The molecule has 0 atom stereocenters. The van der Waals surface area contributed by atoms with E-state index in [1.165, 1.54) is 11.3 Å². The smallest absolute Gasteiger partial charge is 0.265 e. The number of hydrogen-bond donors (Lipinski definition) is 2. The average Bonchev–Trinajstić information content (AvgIpc) is 3.55. The summed E-state index contributed by atoms with van der Waals surface area (Å²) in [5, 5.41) is 10.1. The highest BCUT2D eigenvalue weighted by molar-refractivity contribution is 7.13. The highest BCUT2D eigenvalue weighted by Crippen LogP contribution is 2.36. The maximum absolute atomic E-state index is 14.9. The van der Waals surface area contributed by atoms with Gasteiger partial charge in [0, 0.05) is 53.8 Å². The fourth-order valence-electron chi connectivity index (χ4n) is 6.37. The number of carbonyl (C=O) groups excluding carboxylic acids is 1. The fourth-order valence-corrected chi connectivity index (χ4v) is 7.33. The van der Waals surface area contributed by atoms with Gasteiger partial charge in [0.05, 0.1) is 22.5 Å². The lowest BCUT2D eigenvalue weighted by molar-refractivity contribution is 0.0732. The minimum absolute atomic E-state index is 0.00783. The third-order valence-electron chi connectivity index (χ3n) is 8.66. The first-order valence-electron chi connectivity index (χ1n) is 15.3. The van der Waals surface area contributed by atoms with Crippen LogP contribution >= 0.6 is 22.9 Å².